The number of rotatable bonds is 2. The largest absolute Gasteiger partial charge is 0.358 e. The molecule has 22 heavy (non-hydrogen) atoms. The van der Waals surface area contributed by atoms with Gasteiger partial charge in [-0.05, 0) is 37.8 Å². The first-order chi connectivity index (χ1) is 10.3. The lowest BCUT2D eigenvalue weighted by Crippen LogP contribution is -2.33. The van der Waals surface area contributed by atoms with E-state index >= 15 is 0 Å². The minimum absolute atomic E-state index is 0.00774. The summed E-state index contributed by atoms with van der Waals surface area (Å²) in [5.74, 6) is -2.56. The summed E-state index contributed by atoms with van der Waals surface area (Å²) in [5.41, 5.74) is 5.24. The molecule has 1 N–H and O–H groups in total. The third kappa shape index (κ3) is 2.58. The lowest BCUT2D eigenvalue weighted by Gasteiger charge is -2.35. The van der Waals surface area contributed by atoms with Gasteiger partial charge in [0, 0.05) is 41.4 Å². The molecule has 1 aliphatic carbocycles. The van der Waals surface area contributed by atoms with Crippen molar-refractivity contribution < 1.29 is 8.78 Å². The van der Waals surface area contributed by atoms with E-state index in [1.807, 2.05) is 32.0 Å². The van der Waals surface area contributed by atoms with Crippen LogP contribution < -0.4 is 5.43 Å². The number of nitrogens with one attached hydrogen (secondary N) is 1. The normalized spacial score (nSPS) is 17.3. The molecule has 2 aromatic rings. The van der Waals surface area contributed by atoms with Gasteiger partial charge in [-0.1, -0.05) is 18.2 Å². The molecule has 0 spiro atoms. The van der Waals surface area contributed by atoms with Crippen molar-refractivity contribution in [1.82, 2.24) is 4.98 Å². The Morgan fingerprint density at radius 2 is 1.82 bits per heavy atom. The highest BCUT2D eigenvalue weighted by Crippen LogP contribution is 2.48. The molecule has 2 nitrogen and oxygen atoms in total. The Kier molecular flexibility index (Phi) is 3.42. The summed E-state index contributed by atoms with van der Waals surface area (Å²) in [4.78, 5) is 15.2. The van der Waals surface area contributed by atoms with Crippen molar-refractivity contribution in [1.29, 1.82) is 0 Å². The molecule has 1 saturated carbocycles. The van der Waals surface area contributed by atoms with Crippen LogP contribution in [0.2, 0.25) is 0 Å². The number of halogens is 2. The molecule has 0 aliphatic heterocycles. The van der Waals surface area contributed by atoms with E-state index < -0.39 is 5.92 Å². The number of H-pyrrole nitrogens is 1. The Labute approximate surface area is 128 Å². The van der Waals surface area contributed by atoms with E-state index in [1.165, 1.54) is 0 Å². The number of aromatic amines is 1. The average Bonchev–Trinajstić information content (AvgIpc) is 2.41. The predicted molar refractivity (Wildman–Crippen MR) is 83.6 cm³/mol. The van der Waals surface area contributed by atoms with Crippen LogP contribution in [0.3, 0.4) is 0 Å². The molecule has 1 aliphatic rings. The van der Waals surface area contributed by atoms with Crippen molar-refractivity contribution in [2.24, 2.45) is 0 Å². The van der Waals surface area contributed by atoms with Crippen LogP contribution in [-0.2, 0) is 0 Å². The number of hydrogen-bond acceptors (Lipinski definition) is 1. The lowest BCUT2D eigenvalue weighted by molar-refractivity contribution is -0.0867. The van der Waals surface area contributed by atoms with Gasteiger partial charge in [0.05, 0.1) is 0 Å². The third-order valence-corrected chi connectivity index (χ3v) is 4.63. The van der Waals surface area contributed by atoms with E-state index in [1.54, 1.807) is 13.0 Å². The summed E-state index contributed by atoms with van der Waals surface area (Å²) in [6.45, 7) is 5.62. The molecule has 1 fully saturated rings. The van der Waals surface area contributed by atoms with Gasteiger partial charge >= 0.3 is 0 Å². The molecule has 0 bridgehead atoms. The first kappa shape index (κ1) is 14.9. The summed E-state index contributed by atoms with van der Waals surface area (Å²) in [7, 11) is 0. The number of alkyl halides is 2. The van der Waals surface area contributed by atoms with Crippen molar-refractivity contribution >= 4 is 0 Å². The van der Waals surface area contributed by atoms with Crippen molar-refractivity contribution in [3.05, 3.63) is 56.9 Å². The fourth-order valence-corrected chi connectivity index (χ4v) is 3.04. The molecule has 0 radical (unpaired) electrons. The molecule has 0 saturated heterocycles. The molecule has 1 heterocycles. The molecule has 116 valence electrons. The van der Waals surface area contributed by atoms with Crippen molar-refractivity contribution in [3.8, 4) is 11.3 Å². The maximum absolute atomic E-state index is 13.0. The standard InChI is InChI=1S/C18H19F2NO/c1-10-6-13(14-8-18(19,20)9-14)4-5-15(10)16-7-17(22)11(2)12(3)21-16/h4-7,14H,8-9H2,1-3H3,(H,21,22). The van der Waals surface area contributed by atoms with Crippen LogP contribution in [0.4, 0.5) is 8.78 Å². The fourth-order valence-electron chi connectivity index (χ4n) is 3.04. The maximum atomic E-state index is 13.0. The Morgan fingerprint density at radius 3 is 2.36 bits per heavy atom. The SMILES string of the molecule is Cc1cc(C2CC(F)(F)C2)ccc1-c1cc(=O)c(C)c(C)[nH]1. The minimum Gasteiger partial charge on any atom is -0.358 e. The first-order valence-electron chi connectivity index (χ1n) is 7.46. The van der Waals surface area contributed by atoms with Crippen molar-refractivity contribution in [3.63, 3.8) is 0 Å². The number of aryl methyl sites for hydroxylation is 2. The van der Waals surface area contributed by atoms with Gasteiger partial charge in [-0.25, -0.2) is 8.78 Å². The average molecular weight is 303 g/mol. The van der Waals surface area contributed by atoms with Gasteiger partial charge < -0.3 is 4.98 Å². The van der Waals surface area contributed by atoms with Crippen molar-refractivity contribution in [2.45, 2.75) is 45.5 Å². The zero-order chi connectivity index (χ0) is 16.1. The molecule has 1 aromatic carbocycles. The van der Waals surface area contributed by atoms with Crippen molar-refractivity contribution in [2.75, 3.05) is 0 Å². The molecule has 4 heteroatoms. The van der Waals surface area contributed by atoms with Crippen LogP contribution >= 0.6 is 0 Å². The quantitative estimate of drug-likeness (QED) is 0.871. The molecule has 0 atom stereocenters. The predicted octanol–water partition coefficient (Wildman–Crippen LogP) is 4.48. The highest BCUT2D eigenvalue weighted by Gasteiger charge is 2.45. The highest BCUT2D eigenvalue weighted by atomic mass is 19.3. The summed E-state index contributed by atoms with van der Waals surface area (Å²) in [5, 5.41) is 0. The topological polar surface area (TPSA) is 32.9 Å². The van der Waals surface area contributed by atoms with Gasteiger partial charge in [0.15, 0.2) is 5.43 Å². The summed E-state index contributed by atoms with van der Waals surface area (Å²) in [6, 6.07) is 7.38. The zero-order valence-electron chi connectivity index (χ0n) is 13.0. The highest BCUT2D eigenvalue weighted by molar-refractivity contribution is 5.64. The van der Waals surface area contributed by atoms with Gasteiger partial charge in [-0.3, -0.25) is 4.79 Å². The van der Waals surface area contributed by atoms with Crippen LogP contribution in [-0.4, -0.2) is 10.9 Å². The Balaban J connectivity index is 1.95. The monoisotopic (exact) mass is 303 g/mol. The van der Waals surface area contributed by atoms with Crippen LogP contribution in [0.25, 0.3) is 11.3 Å². The van der Waals surface area contributed by atoms with Crippen LogP contribution in [0.5, 0.6) is 0 Å². The Hall–Kier alpha value is -1.97. The number of hydrogen-bond donors (Lipinski definition) is 1. The maximum Gasteiger partial charge on any atom is 0.249 e. The first-order valence-corrected chi connectivity index (χ1v) is 7.46. The number of benzene rings is 1. The summed E-state index contributed by atoms with van der Waals surface area (Å²) >= 11 is 0. The molecule has 0 unspecified atom stereocenters. The summed E-state index contributed by atoms with van der Waals surface area (Å²) < 4.78 is 26.0. The molecular formula is C18H19F2NO. The van der Waals surface area contributed by atoms with Gasteiger partial charge in [-0.2, -0.15) is 0 Å². The second-order valence-electron chi connectivity index (χ2n) is 6.33. The molecular weight excluding hydrogens is 284 g/mol. The van der Waals surface area contributed by atoms with Crippen LogP contribution in [0.15, 0.2) is 29.1 Å². The zero-order valence-corrected chi connectivity index (χ0v) is 13.0. The number of aromatic nitrogens is 1. The van der Waals surface area contributed by atoms with Crippen LogP contribution in [0, 0.1) is 20.8 Å². The molecule has 3 rings (SSSR count). The second kappa shape index (κ2) is 5.04. The van der Waals surface area contributed by atoms with E-state index in [-0.39, 0.29) is 24.2 Å². The van der Waals surface area contributed by atoms with Gasteiger partial charge in [0.2, 0.25) is 5.92 Å². The van der Waals surface area contributed by atoms with E-state index in [0.717, 1.165) is 33.6 Å². The van der Waals surface area contributed by atoms with E-state index in [2.05, 4.69) is 4.98 Å². The third-order valence-electron chi connectivity index (χ3n) is 4.63. The van der Waals surface area contributed by atoms with E-state index in [0.29, 0.717) is 0 Å². The van der Waals surface area contributed by atoms with Gasteiger partial charge in [-0.15, -0.1) is 0 Å². The summed E-state index contributed by atoms with van der Waals surface area (Å²) in [6.07, 6.45) is -0.126. The molecule has 0 amide bonds. The minimum atomic E-state index is -2.50. The van der Waals surface area contributed by atoms with E-state index in [4.69, 9.17) is 0 Å². The van der Waals surface area contributed by atoms with Gasteiger partial charge in [0.25, 0.3) is 0 Å². The Bertz CT molecular complexity index is 784. The van der Waals surface area contributed by atoms with Gasteiger partial charge in [0.1, 0.15) is 0 Å². The van der Waals surface area contributed by atoms with Crippen LogP contribution in [0.1, 0.15) is 41.1 Å². The fraction of sp³-hybridized carbons (Fsp3) is 0.389. The number of pyridine rings is 1. The molecule has 1 aromatic heterocycles. The smallest absolute Gasteiger partial charge is 0.249 e. The Morgan fingerprint density at radius 1 is 1.14 bits per heavy atom. The van der Waals surface area contributed by atoms with E-state index in [9.17, 15) is 13.6 Å². The lowest BCUT2D eigenvalue weighted by atomic mass is 9.76. The second-order valence-corrected chi connectivity index (χ2v) is 6.33.